The lowest BCUT2D eigenvalue weighted by atomic mass is 10.2. The van der Waals surface area contributed by atoms with Crippen molar-refractivity contribution in [2.24, 2.45) is 0 Å². The Kier molecular flexibility index (Phi) is 4.73. The van der Waals surface area contributed by atoms with Crippen LogP contribution in [0, 0.1) is 6.92 Å². The minimum Gasteiger partial charge on any atom is -0.279 e. The van der Waals surface area contributed by atoms with Gasteiger partial charge in [-0.2, -0.15) is 0 Å². The molecule has 0 spiro atoms. The van der Waals surface area contributed by atoms with Crippen LogP contribution in [0.4, 0.5) is 5.69 Å². The van der Waals surface area contributed by atoms with E-state index in [4.69, 9.17) is 11.6 Å². The van der Waals surface area contributed by atoms with Gasteiger partial charge in [-0.3, -0.25) is 4.72 Å². The van der Waals surface area contributed by atoms with Crippen LogP contribution in [0.3, 0.4) is 0 Å². The summed E-state index contributed by atoms with van der Waals surface area (Å²) in [5.74, 6) is 0.227. The molecule has 0 aromatic heterocycles. The first kappa shape index (κ1) is 15.4. The van der Waals surface area contributed by atoms with Crippen LogP contribution in [-0.2, 0) is 15.9 Å². The second-order valence-corrected chi connectivity index (χ2v) is 7.22. The van der Waals surface area contributed by atoms with E-state index in [0.717, 1.165) is 15.6 Å². The Hall–Kier alpha value is -1.04. The number of hydrogen-bond donors (Lipinski definition) is 1. The fourth-order valence-electron chi connectivity index (χ4n) is 1.69. The Morgan fingerprint density at radius 1 is 1.15 bits per heavy atom. The number of aryl methyl sites for hydroxylation is 1. The molecule has 0 unspecified atom stereocenters. The topological polar surface area (TPSA) is 46.2 Å². The van der Waals surface area contributed by atoms with Crippen molar-refractivity contribution in [2.75, 3.05) is 4.72 Å². The molecular weight excluding hydrogens is 362 g/mol. The molecular formula is C14H13BrClNO2S. The molecule has 6 heteroatoms. The van der Waals surface area contributed by atoms with Crippen molar-refractivity contribution in [3.63, 3.8) is 0 Å². The molecule has 1 N–H and O–H groups in total. The molecule has 0 saturated carbocycles. The minimum absolute atomic E-state index is 0.227. The molecule has 0 amide bonds. The van der Waals surface area contributed by atoms with E-state index in [1.807, 2.05) is 6.92 Å². The zero-order chi connectivity index (χ0) is 14.8. The van der Waals surface area contributed by atoms with Gasteiger partial charge in [0.2, 0.25) is 0 Å². The average molecular weight is 375 g/mol. The number of hydrogen-bond acceptors (Lipinski definition) is 2. The molecule has 0 fully saturated rings. The lowest BCUT2D eigenvalue weighted by molar-refractivity contribution is 0.601. The first-order valence-corrected chi connectivity index (χ1v) is 8.67. The highest BCUT2D eigenvalue weighted by molar-refractivity contribution is 9.10. The van der Waals surface area contributed by atoms with Gasteiger partial charge in [-0.15, -0.1) is 11.6 Å². The summed E-state index contributed by atoms with van der Waals surface area (Å²) >= 11 is 9.18. The Balaban J connectivity index is 2.35. The third-order valence-corrected chi connectivity index (χ3v) is 4.95. The SMILES string of the molecule is Cc1ccc(S(=O)(=O)Nc2ccc(Br)cc2CCl)cc1. The number of alkyl halides is 1. The van der Waals surface area contributed by atoms with Crippen LogP contribution in [0.5, 0.6) is 0 Å². The van der Waals surface area contributed by atoms with Crippen molar-refractivity contribution in [2.45, 2.75) is 17.7 Å². The minimum atomic E-state index is -3.60. The van der Waals surface area contributed by atoms with Gasteiger partial charge in [0.05, 0.1) is 10.6 Å². The van der Waals surface area contributed by atoms with Crippen molar-refractivity contribution >= 4 is 43.2 Å². The predicted molar refractivity (Wildman–Crippen MR) is 85.7 cm³/mol. The number of rotatable bonds is 4. The Labute approximate surface area is 132 Å². The largest absolute Gasteiger partial charge is 0.279 e. The fourth-order valence-corrected chi connectivity index (χ4v) is 3.42. The molecule has 0 bridgehead atoms. The Bertz CT molecular complexity index is 714. The molecule has 0 heterocycles. The van der Waals surface area contributed by atoms with Crippen molar-refractivity contribution in [3.8, 4) is 0 Å². The second kappa shape index (κ2) is 6.16. The number of sulfonamides is 1. The van der Waals surface area contributed by atoms with E-state index in [1.165, 1.54) is 0 Å². The quantitative estimate of drug-likeness (QED) is 0.811. The van der Waals surface area contributed by atoms with E-state index in [2.05, 4.69) is 20.7 Å². The highest BCUT2D eigenvalue weighted by atomic mass is 79.9. The maximum absolute atomic E-state index is 12.3. The molecule has 0 atom stereocenters. The monoisotopic (exact) mass is 373 g/mol. The van der Waals surface area contributed by atoms with Gasteiger partial charge < -0.3 is 0 Å². The molecule has 2 aromatic carbocycles. The summed E-state index contributed by atoms with van der Waals surface area (Å²) in [5.41, 5.74) is 2.22. The molecule has 0 saturated heterocycles. The van der Waals surface area contributed by atoms with Gasteiger partial charge in [0.15, 0.2) is 0 Å². The highest BCUT2D eigenvalue weighted by Crippen LogP contribution is 2.25. The van der Waals surface area contributed by atoms with Gasteiger partial charge in [0.25, 0.3) is 10.0 Å². The predicted octanol–water partition coefficient (Wildman–Crippen LogP) is 4.30. The summed E-state index contributed by atoms with van der Waals surface area (Å²) in [4.78, 5) is 0.228. The van der Waals surface area contributed by atoms with E-state index in [0.29, 0.717) is 5.69 Å². The normalized spacial score (nSPS) is 11.3. The van der Waals surface area contributed by atoms with Crippen molar-refractivity contribution < 1.29 is 8.42 Å². The van der Waals surface area contributed by atoms with E-state index < -0.39 is 10.0 Å². The van der Waals surface area contributed by atoms with Gasteiger partial charge >= 0.3 is 0 Å². The van der Waals surface area contributed by atoms with E-state index >= 15 is 0 Å². The number of halogens is 2. The zero-order valence-electron chi connectivity index (χ0n) is 10.7. The van der Waals surface area contributed by atoms with Crippen molar-refractivity contribution in [3.05, 3.63) is 58.1 Å². The van der Waals surface area contributed by atoms with Gasteiger partial charge in [0, 0.05) is 10.4 Å². The molecule has 0 aliphatic heterocycles. The van der Waals surface area contributed by atoms with Crippen LogP contribution in [0.25, 0.3) is 0 Å². The first-order valence-electron chi connectivity index (χ1n) is 5.86. The van der Waals surface area contributed by atoms with Crippen LogP contribution in [0.2, 0.25) is 0 Å². The molecule has 2 rings (SSSR count). The maximum atomic E-state index is 12.3. The Morgan fingerprint density at radius 2 is 1.80 bits per heavy atom. The first-order chi connectivity index (χ1) is 9.42. The zero-order valence-corrected chi connectivity index (χ0v) is 13.9. The lowest BCUT2D eigenvalue weighted by Gasteiger charge is -2.12. The average Bonchev–Trinajstić information content (AvgIpc) is 2.41. The maximum Gasteiger partial charge on any atom is 0.261 e. The number of benzene rings is 2. The number of anilines is 1. The summed E-state index contributed by atoms with van der Waals surface area (Å²) in [6.07, 6.45) is 0. The standard InChI is InChI=1S/C14H13BrClNO2S/c1-10-2-5-13(6-3-10)20(18,19)17-14-7-4-12(15)8-11(14)9-16/h2-8,17H,9H2,1H3. The van der Waals surface area contributed by atoms with E-state index in [-0.39, 0.29) is 10.8 Å². The second-order valence-electron chi connectivity index (χ2n) is 4.35. The third-order valence-electron chi connectivity index (χ3n) is 2.79. The molecule has 3 nitrogen and oxygen atoms in total. The summed E-state index contributed by atoms with van der Waals surface area (Å²) in [7, 11) is -3.60. The molecule has 0 radical (unpaired) electrons. The van der Waals surface area contributed by atoms with Gasteiger partial charge in [-0.25, -0.2) is 8.42 Å². The molecule has 106 valence electrons. The van der Waals surface area contributed by atoms with Crippen LogP contribution in [0.1, 0.15) is 11.1 Å². The molecule has 0 aliphatic rings. The molecule has 0 aliphatic carbocycles. The van der Waals surface area contributed by atoms with Gasteiger partial charge in [0.1, 0.15) is 0 Å². The van der Waals surface area contributed by atoms with E-state index in [1.54, 1.807) is 42.5 Å². The van der Waals surface area contributed by atoms with Crippen LogP contribution in [0.15, 0.2) is 51.8 Å². The summed E-state index contributed by atoms with van der Waals surface area (Å²) in [5, 5.41) is 0. The lowest BCUT2D eigenvalue weighted by Crippen LogP contribution is -2.14. The third kappa shape index (κ3) is 3.53. The summed E-state index contributed by atoms with van der Waals surface area (Å²) in [6, 6.07) is 11.9. The number of nitrogens with one attached hydrogen (secondary N) is 1. The van der Waals surface area contributed by atoms with Gasteiger partial charge in [-0.05, 0) is 42.8 Å². The smallest absolute Gasteiger partial charge is 0.261 e. The fraction of sp³-hybridized carbons (Fsp3) is 0.143. The summed E-state index contributed by atoms with van der Waals surface area (Å²) in [6.45, 7) is 1.91. The highest BCUT2D eigenvalue weighted by Gasteiger charge is 2.15. The summed E-state index contributed by atoms with van der Waals surface area (Å²) < 4.78 is 28.0. The van der Waals surface area contributed by atoms with Crippen LogP contribution in [-0.4, -0.2) is 8.42 Å². The molecule has 20 heavy (non-hydrogen) atoms. The van der Waals surface area contributed by atoms with Gasteiger partial charge in [-0.1, -0.05) is 33.6 Å². The molecule has 2 aromatic rings. The van der Waals surface area contributed by atoms with Crippen LogP contribution >= 0.6 is 27.5 Å². The van der Waals surface area contributed by atoms with Crippen molar-refractivity contribution in [1.82, 2.24) is 0 Å². The Morgan fingerprint density at radius 3 is 2.40 bits per heavy atom. The van der Waals surface area contributed by atoms with E-state index in [9.17, 15) is 8.42 Å². The van der Waals surface area contributed by atoms with Crippen LogP contribution < -0.4 is 4.72 Å². The van der Waals surface area contributed by atoms with Crippen molar-refractivity contribution in [1.29, 1.82) is 0 Å².